The van der Waals surface area contributed by atoms with Gasteiger partial charge in [-0.25, -0.2) is 0 Å². The molecule has 0 saturated carbocycles. The molecule has 0 fully saturated rings. The molecule has 0 bridgehead atoms. The van der Waals surface area contributed by atoms with Gasteiger partial charge in [-0.2, -0.15) is 0 Å². The molecule has 2 aromatic rings. The summed E-state index contributed by atoms with van der Waals surface area (Å²) in [7, 11) is 5.14. The Morgan fingerprint density at radius 1 is 1.18 bits per heavy atom. The molecule has 1 amide bonds. The smallest absolute Gasteiger partial charge is 0.255 e. The topological polar surface area (TPSA) is 178 Å². The Balaban J connectivity index is 1.57. The number of Topliss-reactive ketones (excluding diaryl/α,β-unsaturated/α-hetero) is 2. The van der Waals surface area contributed by atoms with E-state index >= 15 is 0 Å². The van der Waals surface area contributed by atoms with Crippen LogP contribution >= 0.6 is 0 Å². The molecule has 0 radical (unpaired) electrons. The Kier molecular flexibility index (Phi) is 6.41. The molecular formula is C28H32N4O7. The number of aryl methyl sites for hydroxylation is 1. The summed E-state index contributed by atoms with van der Waals surface area (Å²) in [6, 6.07) is 6.07. The number of nitrogens with zero attached hydrogens (tertiary/aromatic N) is 2. The third kappa shape index (κ3) is 3.88. The molecule has 3 aliphatic carbocycles. The van der Waals surface area contributed by atoms with E-state index in [1.165, 1.54) is 11.0 Å². The lowest BCUT2D eigenvalue weighted by molar-refractivity contribution is -0.148. The van der Waals surface area contributed by atoms with E-state index in [0.717, 1.165) is 11.3 Å². The number of aromatic hydroxyl groups is 1. The Hall–Kier alpha value is -3.93. The van der Waals surface area contributed by atoms with Crippen LogP contribution in [0, 0.1) is 11.8 Å². The van der Waals surface area contributed by atoms with Gasteiger partial charge < -0.3 is 36.0 Å². The molecule has 1 aromatic carbocycles. The molecule has 0 saturated heterocycles. The number of phenolic OH excluding ortho intramolecular Hbond substituents is 1. The first kappa shape index (κ1) is 26.7. The molecule has 3 aliphatic rings. The van der Waals surface area contributed by atoms with Gasteiger partial charge in [-0.05, 0) is 62.2 Å². The Morgan fingerprint density at radius 2 is 1.90 bits per heavy atom. The van der Waals surface area contributed by atoms with E-state index < -0.39 is 58.0 Å². The lowest BCUT2D eigenvalue weighted by atomic mass is 9.58. The van der Waals surface area contributed by atoms with E-state index in [-0.39, 0.29) is 29.7 Å². The van der Waals surface area contributed by atoms with E-state index in [0.29, 0.717) is 18.7 Å². The van der Waals surface area contributed by atoms with Crippen LogP contribution in [-0.2, 0) is 36.1 Å². The second-order valence-electron chi connectivity index (χ2n) is 10.8. The molecule has 0 unspecified atom stereocenters. The van der Waals surface area contributed by atoms with Gasteiger partial charge >= 0.3 is 0 Å². The average Bonchev–Trinajstić information content (AvgIpc) is 3.26. The number of phenols is 1. The number of fused-ring (bicyclic) bond motifs is 3. The number of hydrogen-bond acceptors (Lipinski definition) is 9. The first-order chi connectivity index (χ1) is 18.4. The molecule has 5 rings (SSSR count). The van der Waals surface area contributed by atoms with Gasteiger partial charge in [0.05, 0.1) is 11.6 Å². The van der Waals surface area contributed by atoms with E-state index in [1.807, 2.05) is 29.9 Å². The molecule has 1 heterocycles. The number of allylic oxidation sites excluding steroid dienone is 1. The summed E-state index contributed by atoms with van der Waals surface area (Å²) < 4.78 is 1.99. The van der Waals surface area contributed by atoms with Crippen molar-refractivity contribution in [2.24, 2.45) is 24.6 Å². The molecular weight excluding hydrogens is 504 g/mol. The zero-order valence-corrected chi connectivity index (χ0v) is 21.9. The van der Waals surface area contributed by atoms with Crippen molar-refractivity contribution in [3.05, 3.63) is 75.5 Å². The number of hydrogen-bond donors (Lipinski definition) is 6. The Morgan fingerprint density at radius 3 is 2.51 bits per heavy atom. The first-order valence-corrected chi connectivity index (χ1v) is 12.7. The maximum Gasteiger partial charge on any atom is 0.255 e. The predicted molar refractivity (Wildman–Crippen MR) is 140 cm³/mol. The third-order valence-corrected chi connectivity index (χ3v) is 8.38. The minimum Gasteiger partial charge on any atom is -0.510 e. The highest BCUT2D eigenvalue weighted by Gasteiger charge is 2.63. The molecule has 39 heavy (non-hydrogen) atoms. The van der Waals surface area contributed by atoms with Gasteiger partial charge in [0.1, 0.15) is 22.8 Å². The van der Waals surface area contributed by atoms with Gasteiger partial charge in [-0.1, -0.05) is 6.07 Å². The second kappa shape index (κ2) is 9.37. The van der Waals surface area contributed by atoms with Crippen molar-refractivity contribution in [3.63, 3.8) is 0 Å². The van der Waals surface area contributed by atoms with Gasteiger partial charge in [-0.15, -0.1) is 0 Å². The molecule has 4 atom stereocenters. The van der Waals surface area contributed by atoms with Crippen LogP contribution < -0.4 is 11.1 Å². The van der Waals surface area contributed by atoms with Crippen molar-refractivity contribution >= 4 is 17.5 Å². The molecule has 11 heteroatoms. The number of carbonyl (C=O) groups is 3. The maximum atomic E-state index is 13.8. The van der Waals surface area contributed by atoms with Crippen LogP contribution in [0.2, 0.25) is 0 Å². The fourth-order valence-electron chi connectivity index (χ4n) is 6.49. The van der Waals surface area contributed by atoms with E-state index in [2.05, 4.69) is 5.32 Å². The van der Waals surface area contributed by atoms with Crippen LogP contribution in [-0.4, -0.2) is 73.1 Å². The van der Waals surface area contributed by atoms with Crippen molar-refractivity contribution in [1.29, 1.82) is 0 Å². The van der Waals surface area contributed by atoms with E-state index in [9.17, 15) is 34.8 Å². The second-order valence-corrected chi connectivity index (χ2v) is 10.8. The van der Waals surface area contributed by atoms with Crippen LogP contribution in [0.4, 0.5) is 0 Å². The van der Waals surface area contributed by atoms with Crippen LogP contribution in [0.1, 0.15) is 33.6 Å². The summed E-state index contributed by atoms with van der Waals surface area (Å²) in [5, 5.41) is 47.9. The quantitative estimate of drug-likeness (QED) is 0.291. The molecule has 0 aliphatic heterocycles. The summed E-state index contributed by atoms with van der Waals surface area (Å²) in [5.74, 6) is -6.58. The number of aliphatic hydroxyl groups excluding tert-OH is 2. The number of amides is 1. The number of ketones is 2. The highest BCUT2D eigenvalue weighted by molar-refractivity contribution is 6.24. The summed E-state index contributed by atoms with van der Waals surface area (Å²) >= 11 is 0. The lowest BCUT2D eigenvalue weighted by Crippen LogP contribution is -2.63. The van der Waals surface area contributed by atoms with Gasteiger partial charge in [0.15, 0.2) is 11.4 Å². The largest absolute Gasteiger partial charge is 0.510 e. The molecule has 7 N–H and O–H groups in total. The van der Waals surface area contributed by atoms with Crippen LogP contribution in [0.25, 0.3) is 0 Å². The van der Waals surface area contributed by atoms with Crippen LogP contribution in [0.5, 0.6) is 5.75 Å². The van der Waals surface area contributed by atoms with E-state index in [4.69, 9.17) is 5.73 Å². The number of nitrogens with two attached hydrogens (primary N) is 1. The fraction of sp³-hybridized carbons (Fsp3) is 0.393. The number of likely N-dealkylation sites (N-methyl/N-ethyl adjacent to an activating group) is 1. The van der Waals surface area contributed by atoms with Crippen LogP contribution in [0.15, 0.2) is 53.1 Å². The normalized spacial score (nSPS) is 26.5. The number of benzene rings is 1. The van der Waals surface area contributed by atoms with Crippen LogP contribution in [0.3, 0.4) is 0 Å². The zero-order chi connectivity index (χ0) is 28.4. The van der Waals surface area contributed by atoms with Gasteiger partial charge in [0.2, 0.25) is 5.78 Å². The van der Waals surface area contributed by atoms with Crippen molar-refractivity contribution in [2.75, 3.05) is 14.1 Å². The van der Waals surface area contributed by atoms with Crippen molar-refractivity contribution in [2.45, 2.75) is 37.6 Å². The highest BCUT2D eigenvalue weighted by atomic mass is 16.3. The van der Waals surface area contributed by atoms with Gasteiger partial charge in [-0.3, -0.25) is 19.3 Å². The number of aromatic nitrogens is 1. The molecule has 0 spiro atoms. The summed E-state index contributed by atoms with van der Waals surface area (Å²) in [6.07, 6.45) is 2.25. The Bertz CT molecular complexity index is 1470. The number of carbonyl (C=O) groups excluding carboxylic acids is 3. The van der Waals surface area contributed by atoms with Crippen molar-refractivity contribution < 1.29 is 34.8 Å². The summed E-state index contributed by atoms with van der Waals surface area (Å²) in [6.45, 7) is 0.995. The maximum absolute atomic E-state index is 13.8. The van der Waals surface area contributed by atoms with E-state index in [1.54, 1.807) is 20.2 Å². The van der Waals surface area contributed by atoms with Gasteiger partial charge in [0.25, 0.3) is 5.91 Å². The predicted octanol–water partition coefficient (Wildman–Crippen LogP) is 0.749. The standard InChI is InChI=1S/C28H32N4O7/c1-31(2)22-17-10-14-9-16-13(11-30-12-15-5-4-8-32(15)3)6-7-18(33)20(16)23(34)19(14)25(36)28(17,39)26(37)21(24(22)35)27(29)38/h4-8,14,17,22,30,33,35-36,39H,9-12H2,1-3H3,(H2,29,38)/t14-,17-,22-,28-/m1/s1. The number of primary amides is 1. The van der Waals surface area contributed by atoms with Gasteiger partial charge in [0, 0.05) is 43.5 Å². The first-order valence-electron chi connectivity index (χ1n) is 12.7. The Labute approximate surface area is 224 Å². The number of aliphatic hydroxyl groups is 3. The molecule has 11 nitrogen and oxygen atoms in total. The minimum atomic E-state index is -2.64. The minimum absolute atomic E-state index is 0.00829. The summed E-state index contributed by atoms with van der Waals surface area (Å²) in [4.78, 5) is 40.7. The lowest BCUT2D eigenvalue weighted by Gasteiger charge is -2.50. The molecule has 1 aromatic heterocycles. The summed E-state index contributed by atoms with van der Waals surface area (Å²) in [5.41, 5.74) is 4.22. The highest BCUT2D eigenvalue weighted by Crippen LogP contribution is 2.52. The SMILES string of the molecule is CN(C)[C@H]1C(O)=C(C(N)=O)C(=O)[C@]2(O)C(O)=C3C(=O)c4c(O)ccc(CNCc5cccn5C)c4C[C@@H]3C[C@H]12. The average molecular weight is 537 g/mol. The monoisotopic (exact) mass is 536 g/mol. The third-order valence-electron chi connectivity index (χ3n) is 8.38. The molecule has 206 valence electrons. The zero-order valence-electron chi connectivity index (χ0n) is 21.9. The number of nitrogens with one attached hydrogen (secondary N) is 1. The number of rotatable bonds is 6. The van der Waals surface area contributed by atoms with Crippen molar-refractivity contribution in [3.8, 4) is 5.75 Å². The fourth-order valence-corrected chi connectivity index (χ4v) is 6.49. The van der Waals surface area contributed by atoms with Crippen molar-refractivity contribution in [1.82, 2.24) is 14.8 Å².